The van der Waals surface area contributed by atoms with Crippen LogP contribution in [0.3, 0.4) is 0 Å². The molecule has 1 fully saturated rings. The highest BCUT2D eigenvalue weighted by atomic mass is 35.5. The molecular weight excluding hydrogens is 262 g/mol. The number of nitrogens with zero attached hydrogens (tertiary/aromatic N) is 1. The van der Waals surface area contributed by atoms with Crippen LogP contribution in [0, 0.1) is 0 Å². The fraction of sp³-hybridized carbons (Fsp3) is 0.533. The first-order valence-corrected chi connectivity index (χ1v) is 7.02. The molecule has 19 heavy (non-hydrogen) atoms. The van der Waals surface area contributed by atoms with Crippen LogP contribution in [0.2, 0.25) is 5.02 Å². The van der Waals surface area contributed by atoms with Crippen molar-refractivity contribution in [3.8, 4) is 0 Å². The molecule has 104 valence electrons. The normalized spacial score (nSPS) is 24.7. The largest absolute Gasteiger partial charge is 0.377 e. The standard InChI is InChI=1S/C15H20ClNO2/c1-10(17(3)14-8-9-19-11(14)2)15(18)12-4-6-13(16)7-5-12/h4-7,10-11,14H,8-9H2,1-3H3. The zero-order valence-corrected chi connectivity index (χ0v) is 12.4. The molecule has 1 heterocycles. The molecule has 0 N–H and O–H groups in total. The number of ketones is 1. The van der Waals surface area contributed by atoms with Crippen LogP contribution in [0.5, 0.6) is 0 Å². The first-order valence-electron chi connectivity index (χ1n) is 6.64. The van der Waals surface area contributed by atoms with E-state index in [2.05, 4.69) is 11.8 Å². The number of hydrogen-bond donors (Lipinski definition) is 0. The van der Waals surface area contributed by atoms with E-state index in [4.69, 9.17) is 16.3 Å². The highest BCUT2D eigenvalue weighted by molar-refractivity contribution is 6.30. The quantitative estimate of drug-likeness (QED) is 0.795. The molecule has 1 aliphatic heterocycles. The van der Waals surface area contributed by atoms with E-state index < -0.39 is 0 Å². The van der Waals surface area contributed by atoms with E-state index in [1.54, 1.807) is 24.3 Å². The van der Waals surface area contributed by atoms with Crippen LogP contribution in [0.25, 0.3) is 0 Å². The summed E-state index contributed by atoms with van der Waals surface area (Å²) in [5.74, 6) is 0.123. The van der Waals surface area contributed by atoms with Crippen molar-refractivity contribution in [1.82, 2.24) is 4.90 Å². The molecule has 0 saturated carbocycles. The van der Waals surface area contributed by atoms with Crippen molar-refractivity contribution in [2.45, 2.75) is 38.5 Å². The van der Waals surface area contributed by atoms with Crippen molar-refractivity contribution in [1.29, 1.82) is 0 Å². The van der Waals surface area contributed by atoms with E-state index in [9.17, 15) is 4.79 Å². The lowest BCUT2D eigenvalue weighted by Gasteiger charge is -2.31. The molecule has 1 saturated heterocycles. The number of hydrogen-bond acceptors (Lipinski definition) is 3. The van der Waals surface area contributed by atoms with Crippen LogP contribution in [-0.4, -0.2) is 42.5 Å². The van der Waals surface area contributed by atoms with Gasteiger partial charge in [0.1, 0.15) is 0 Å². The van der Waals surface area contributed by atoms with E-state index in [1.807, 2.05) is 14.0 Å². The van der Waals surface area contributed by atoms with Crippen LogP contribution >= 0.6 is 11.6 Å². The van der Waals surface area contributed by atoms with Crippen LogP contribution in [0.15, 0.2) is 24.3 Å². The van der Waals surface area contributed by atoms with Crippen LogP contribution in [-0.2, 0) is 4.74 Å². The Balaban J connectivity index is 2.08. The van der Waals surface area contributed by atoms with Crippen molar-refractivity contribution in [2.24, 2.45) is 0 Å². The van der Waals surface area contributed by atoms with Gasteiger partial charge >= 0.3 is 0 Å². The summed E-state index contributed by atoms with van der Waals surface area (Å²) in [7, 11) is 1.99. The third kappa shape index (κ3) is 3.16. The van der Waals surface area contributed by atoms with E-state index in [-0.39, 0.29) is 17.9 Å². The van der Waals surface area contributed by atoms with Crippen LogP contribution < -0.4 is 0 Å². The van der Waals surface area contributed by atoms with Crippen molar-refractivity contribution >= 4 is 17.4 Å². The summed E-state index contributed by atoms with van der Waals surface area (Å²) < 4.78 is 5.57. The summed E-state index contributed by atoms with van der Waals surface area (Å²) in [6.07, 6.45) is 1.17. The molecule has 0 bridgehead atoms. The number of benzene rings is 1. The molecule has 0 aromatic heterocycles. The Kier molecular flexibility index (Phi) is 4.61. The fourth-order valence-electron chi connectivity index (χ4n) is 2.58. The molecule has 1 aromatic carbocycles. The van der Waals surface area contributed by atoms with Gasteiger partial charge in [-0.15, -0.1) is 0 Å². The smallest absolute Gasteiger partial charge is 0.179 e. The Morgan fingerprint density at radius 2 is 2.05 bits per heavy atom. The molecule has 3 nitrogen and oxygen atoms in total. The minimum absolute atomic E-state index is 0.123. The maximum absolute atomic E-state index is 12.4. The van der Waals surface area contributed by atoms with Gasteiger partial charge in [0.15, 0.2) is 5.78 Å². The molecule has 0 amide bonds. The summed E-state index contributed by atoms with van der Waals surface area (Å²) in [6.45, 7) is 4.79. The third-order valence-corrected chi connectivity index (χ3v) is 4.23. The zero-order chi connectivity index (χ0) is 14.0. The van der Waals surface area contributed by atoms with Gasteiger partial charge in [0, 0.05) is 23.2 Å². The lowest BCUT2D eigenvalue weighted by Crippen LogP contribution is -2.45. The lowest BCUT2D eigenvalue weighted by molar-refractivity contribution is 0.0605. The van der Waals surface area contributed by atoms with Gasteiger partial charge < -0.3 is 4.74 Å². The second kappa shape index (κ2) is 6.04. The van der Waals surface area contributed by atoms with Crippen molar-refractivity contribution < 1.29 is 9.53 Å². The first-order chi connectivity index (χ1) is 9.00. The summed E-state index contributed by atoms with van der Waals surface area (Å²) in [5, 5.41) is 0.648. The van der Waals surface area contributed by atoms with Crippen molar-refractivity contribution in [3.63, 3.8) is 0 Å². The number of ether oxygens (including phenoxy) is 1. The first kappa shape index (κ1) is 14.5. The molecule has 1 aromatic rings. The Morgan fingerprint density at radius 1 is 1.42 bits per heavy atom. The Bertz CT molecular complexity index is 446. The molecule has 4 heteroatoms. The van der Waals surface area contributed by atoms with Gasteiger partial charge in [0.25, 0.3) is 0 Å². The van der Waals surface area contributed by atoms with Gasteiger partial charge in [-0.25, -0.2) is 0 Å². The molecule has 0 spiro atoms. The molecule has 0 radical (unpaired) electrons. The van der Waals surface area contributed by atoms with Gasteiger partial charge in [-0.2, -0.15) is 0 Å². The number of halogens is 1. The maximum atomic E-state index is 12.4. The topological polar surface area (TPSA) is 29.5 Å². The molecule has 1 aliphatic rings. The van der Waals surface area contributed by atoms with E-state index >= 15 is 0 Å². The van der Waals surface area contributed by atoms with E-state index in [0.717, 1.165) is 13.0 Å². The number of Topliss-reactive ketones (excluding diaryl/α,β-unsaturated/α-hetero) is 1. The number of rotatable bonds is 4. The zero-order valence-electron chi connectivity index (χ0n) is 11.6. The van der Waals surface area contributed by atoms with Gasteiger partial charge in [-0.1, -0.05) is 11.6 Å². The summed E-state index contributed by atoms with van der Waals surface area (Å²) in [6, 6.07) is 7.22. The maximum Gasteiger partial charge on any atom is 0.179 e. The minimum atomic E-state index is -0.157. The van der Waals surface area contributed by atoms with Gasteiger partial charge in [-0.05, 0) is 51.6 Å². The van der Waals surface area contributed by atoms with E-state index in [0.29, 0.717) is 16.6 Å². The highest BCUT2D eigenvalue weighted by Crippen LogP contribution is 2.22. The van der Waals surface area contributed by atoms with Gasteiger partial charge in [0.05, 0.1) is 12.1 Å². The van der Waals surface area contributed by atoms with Crippen LogP contribution in [0.1, 0.15) is 30.6 Å². The highest BCUT2D eigenvalue weighted by Gasteiger charge is 2.32. The molecular formula is C15H20ClNO2. The number of likely N-dealkylation sites (N-methyl/N-ethyl adjacent to an activating group) is 1. The van der Waals surface area contributed by atoms with E-state index in [1.165, 1.54) is 0 Å². The second-order valence-electron chi connectivity index (χ2n) is 5.14. The number of carbonyl (C=O) groups is 1. The summed E-state index contributed by atoms with van der Waals surface area (Å²) in [5.41, 5.74) is 0.704. The monoisotopic (exact) mass is 281 g/mol. The molecule has 0 aliphatic carbocycles. The Hall–Kier alpha value is -0.900. The Labute approximate surface area is 119 Å². The predicted octanol–water partition coefficient (Wildman–Crippen LogP) is 3.02. The Morgan fingerprint density at radius 3 is 2.58 bits per heavy atom. The van der Waals surface area contributed by atoms with Crippen LogP contribution in [0.4, 0.5) is 0 Å². The van der Waals surface area contributed by atoms with Gasteiger partial charge in [0.2, 0.25) is 0 Å². The average Bonchev–Trinajstić information content (AvgIpc) is 2.83. The summed E-state index contributed by atoms with van der Waals surface area (Å²) in [4.78, 5) is 14.6. The SMILES string of the molecule is CC1OCCC1N(C)C(C)C(=O)c1ccc(Cl)cc1. The average molecular weight is 282 g/mol. The third-order valence-electron chi connectivity index (χ3n) is 3.98. The number of carbonyl (C=O) groups excluding carboxylic acids is 1. The molecule has 2 rings (SSSR count). The predicted molar refractivity (Wildman–Crippen MR) is 76.8 cm³/mol. The van der Waals surface area contributed by atoms with Crippen molar-refractivity contribution in [2.75, 3.05) is 13.7 Å². The molecule has 3 atom stereocenters. The molecule has 3 unspecified atom stereocenters. The summed E-state index contributed by atoms with van der Waals surface area (Å²) >= 11 is 5.84. The second-order valence-corrected chi connectivity index (χ2v) is 5.58. The van der Waals surface area contributed by atoms with Gasteiger partial charge in [-0.3, -0.25) is 9.69 Å². The minimum Gasteiger partial charge on any atom is -0.377 e. The van der Waals surface area contributed by atoms with Crippen molar-refractivity contribution in [3.05, 3.63) is 34.9 Å². The lowest BCUT2D eigenvalue weighted by atomic mass is 10.0. The fourth-order valence-corrected chi connectivity index (χ4v) is 2.71.